The Bertz CT molecular complexity index is 2480. The molecule has 51 heavy (non-hydrogen) atoms. The number of nitrogens with zero attached hydrogens (tertiary/aromatic N) is 5. The molecule has 2 aliphatic carbocycles. The molecule has 2 unspecified atom stereocenters. The summed E-state index contributed by atoms with van der Waals surface area (Å²) in [4.78, 5) is 2.90. The summed E-state index contributed by atoms with van der Waals surface area (Å²) in [5.74, 6) is -0.315. The molecule has 2 heterocycles. The van der Waals surface area contributed by atoms with Gasteiger partial charge >= 0.3 is 0 Å². The van der Waals surface area contributed by atoms with Crippen LogP contribution in [-0.2, 0) is 0 Å². The first-order valence-electron chi connectivity index (χ1n) is 17.3. The number of hydrogen-bond acceptors (Lipinski definition) is 5. The van der Waals surface area contributed by atoms with Gasteiger partial charge in [-0.2, -0.15) is 15.8 Å². The second-order valence-corrected chi connectivity index (χ2v) is 13.7. The lowest BCUT2D eigenvalue weighted by Crippen LogP contribution is -2.29. The third-order valence-corrected chi connectivity index (χ3v) is 10.6. The van der Waals surface area contributed by atoms with Gasteiger partial charge in [0.1, 0.15) is 0 Å². The summed E-state index contributed by atoms with van der Waals surface area (Å²) >= 11 is 5.90. The van der Waals surface area contributed by atoms with Gasteiger partial charge in [-0.15, -0.1) is 0 Å². The smallest absolute Gasteiger partial charge is 0.0991 e. The number of thiocarbonyl (C=S) groups is 1. The van der Waals surface area contributed by atoms with Crippen LogP contribution in [0.25, 0.3) is 33.0 Å². The van der Waals surface area contributed by atoms with Crippen LogP contribution in [0.1, 0.15) is 54.0 Å². The van der Waals surface area contributed by atoms with E-state index >= 15 is 0 Å². The summed E-state index contributed by atoms with van der Waals surface area (Å²) in [5, 5.41) is 32.5. The maximum atomic E-state index is 10.1. The highest BCUT2D eigenvalue weighted by molar-refractivity contribution is 7.80. The van der Waals surface area contributed by atoms with E-state index in [4.69, 9.17) is 12.2 Å². The molecule has 6 heteroatoms. The molecule has 1 aliphatic heterocycles. The minimum atomic E-state index is -0.315. The number of rotatable bonds is 4. The average molecular weight is 676 g/mol. The molecule has 0 saturated carbocycles. The fourth-order valence-electron chi connectivity index (χ4n) is 7.71. The van der Waals surface area contributed by atoms with E-state index in [0.717, 1.165) is 44.9 Å². The highest BCUT2D eigenvalue weighted by Crippen LogP contribution is 2.40. The van der Waals surface area contributed by atoms with Crippen LogP contribution in [0.5, 0.6) is 0 Å². The summed E-state index contributed by atoms with van der Waals surface area (Å²) in [6.45, 7) is 0.348. The van der Waals surface area contributed by atoms with Gasteiger partial charge in [0.25, 0.3) is 0 Å². The lowest BCUT2D eigenvalue weighted by Gasteiger charge is -2.33. The van der Waals surface area contributed by atoms with Gasteiger partial charge < -0.3 is 9.47 Å². The second-order valence-electron chi connectivity index (χ2n) is 13.2. The van der Waals surface area contributed by atoms with Gasteiger partial charge in [0.2, 0.25) is 0 Å². The van der Waals surface area contributed by atoms with Crippen molar-refractivity contribution in [3.63, 3.8) is 0 Å². The minimum Gasteiger partial charge on any atom is -0.339 e. The molecule has 5 nitrogen and oxygen atoms in total. The van der Waals surface area contributed by atoms with Crippen molar-refractivity contribution in [1.82, 2.24) is 4.57 Å². The van der Waals surface area contributed by atoms with Crippen LogP contribution < -0.4 is 4.90 Å². The standard InChI is InChI=1S/C45H33N5S/c46-26-30-16-22-41-40(23-30)45(51)14-5-7-32(28-48)29-49(41)44-24-31(27-47)15-21-37(44)35-9-6-8-34(25-35)33-17-19-36(20-18-33)50-42-12-3-1-10-38(42)39-11-2-4-13-43(39)50/h1-4,6-13,15-19,21-23,25,31,36H,5,14,20,24,29H2/b32-7-. The average Bonchev–Trinajstić information content (AvgIpc) is 3.55. The van der Waals surface area contributed by atoms with E-state index in [9.17, 15) is 15.8 Å². The van der Waals surface area contributed by atoms with Gasteiger partial charge in [-0.1, -0.05) is 103 Å². The Morgan fingerprint density at radius 2 is 1.51 bits per heavy atom. The number of anilines is 1. The topological polar surface area (TPSA) is 79.5 Å². The van der Waals surface area contributed by atoms with Gasteiger partial charge in [-0.3, -0.25) is 0 Å². The van der Waals surface area contributed by atoms with E-state index in [1.807, 2.05) is 24.3 Å². The molecule has 0 saturated heterocycles. The van der Waals surface area contributed by atoms with E-state index in [2.05, 4.69) is 125 Å². The van der Waals surface area contributed by atoms with E-state index in [1.165, 1.54) is 27.4 Å². The lowest BCUT2D eigenvalue weighted by molar-refractivity contribution is 0.649. The minimum absolute atomic E-state index is 0.200. The van der Waals surface area contributed by atoms with Crippen molar-refractivity contribution in [3.05, 3.63) is 161 Å². The number of aromatic nitrogens is 1. The number of benzene rings is 4. The number of para-hydroxylation sites is 2. The van der Waals surface area contributed by atoms with E-state index in [1.54, 1.807) is 6.07 Å². The van der Waals surface area contributed by atoms with Crippen LogP contribution in [0, 0.1) is 39.9 Å². The predicted molar refractivity (Wildman–Crippen MR) is 210 cm³/mol. The molecule has 1 aromatic heterocycles. The quantitative estimate of drug-likeness (QED) is 0.177. The molecule has 0 fully saturated rings. The Balaban J connectivity index is 1.19. The largest absolute Gasteiger partial charge is 0.339 e. The van der Waals surface area contributed by atoms with Crippen LogP contribution in [0.3, 0.4) is 0 Å². The zero-order valence-electron chi connectivity index (χ0n) is 28.0. The SMILES string of the molecule is N#C/C1=C/CCC(=S)c2cc(C#N)ccc2N(C2=C(c3cccc(C4=CCC(n5c6ccccc6c6ccccc65)C=C4)c3)C=CC(C#N)C2)C1. The summed E-state index contributed by atoms with van der Waals surface area (Å²) in [6.07, 6.45) is 15.5. The molecule has 5 aromatic rings. The Morgan fingerprint density at radius 3 is 2.22 bits per heavy atom. The molecule has 3 aliphatic rings. The summed E-state index contributed by atoms with van der Waals surface area (Å²) < 4.78 is 2.46. The number of hydrogen-bond donors (Lipinski definition) is 0. The molecule has 8 rings (SSSR count). The molecule has 0 N–H and O–H groups in total. The number of nitriles is 3. The van der Waals surface area contributed by atoms with Crippen LogP contribution in [0.4, 0.5) is 5.69 Å². The molecular weight excluding hydrogens is 643 g/mol. The maximum Gasteiger partial charge on any atom is 0.0991 e. The third kappa shape index (κ3) is 5.89. The van der Waals surface area contributed by atoms with Crippen molar-refractivity contribution in [2.45, 2.75) is 31.7 Å². The highest BCUT2D eigenvalue weighted by Gasteiger charge is 2.27. The van der Waals surface area contributed by atoms with Gasteiger partial charge in [-0.05, 0) is 72.4 Å². The van der Waals surface area contributed by atoms with Gasteiger partial charge in [0.15, 0.2) is 0 Å². The van der Waals surface area contributed by atoms with Crippen molar-refractivity contribution in [2.75, 3.05) is 11.4 Å². The van der Waals surface area contributed by atoms with E-state index in [0.29, 0.717) is 36.9 Å². The number of fused-ring (bicyclic) bond motifs is 4. The van der Waals surface area contributed by atoms with Crippen molar-refractivity contribution in [2.24, 2.45) is 5.92 Å². The zero-order valence-corrected chi connectivity index (χ0v) is 28.8. The highest BCUT2D eigenvalue weighted by atomic mass is 32.1. The Hall–Kier alpha value is -6.26. The Labute approximate surface area is 303 Å². The fraction of sp³-hybridized carbons (Fsp3) is 0.156. The molecule has 0 amide bonds. The molecule has 4 aromatic carbocycles. The van der Waals surface area contributed by atoms with Crippen LogP contribution in [0.2, 0.25) is 0 Å². The van der Waals surface area contributed by atoms with E-state index < -0.39 is 0 Å². The molecule has 2 atom stereocenters. The molecule has 0 spiro atoms. The van der Waals surface area contributed by atoms with E-state index in [-0.39, 0.29) is 12.0 Å². The Morgan fingerprint density at radius 1 is 0.745 bits per heavy atom. The lowest BCUT2D eigenvalue weighted by atomic mass is 9.87. The summed E-state index contributed by atoms with van der Waals surface area (Å²) in [7, 11) is 0. The maximum absolute atomic E-state index is 10.1. The first-order chi connectivity index (χ1) is 25.1. The fourth-order valence-corrected chi connectivity index (χ4v) is 7.99. The zero-order chi connectivity index (χ0) is 34.9. The van der Waals surface area contributed by atoms with Crippen LogP contribution in [-0.4, -0.2) is 16.0 Å². The van der Waals surface area contributed by atoms with Gasteiger partial charge in [-0.25, -0.2) is 0 Å². The van der Waals surface area contributed by atoms with Crippen molar-refractivity contribution >= 4 is 55.7 Å². The van der Waals surface area contributed by atoms with Crippen molar-refractivity contribution in [3.8, 4) is 18.2 Å². The normalized spacial score (nSPS) is 19.9. The summed E-state index contributed by atoms with van der Waals surface area (Å²) in [6, 6.07) is 38.8. The van der Waals surface area contributed by atoms with Crippen molar-refractivity contribution < 1.29 is 0 Å². The first kappa shape index (κ1) is 32.0. The molecule has 0 radical (unpaired) electrons. The molecule has 244 valence electrons. The first-order valence-corrected chi connectivity index (χ1v) is 17.7. The van der Waals surface area contributed by atoms with Crippen LogP contribution >= 0.6 is 12.2 Å². The monoisotopic (exact) mass is 675 g/mol. The third-order valence-electron chi connectivity index (χ3n) is 10.2. The van der Waals surface area contributed by atoms with Crippen LogP contribution in [0.15, 0.2) is 139 Å². The Kier molecular flexibility index (Phi) is 8.51. The van der Waals surface area contributed by atoms with Crippen molar-refractivity contribution in [1.29, 1.82) is 15.8 Å². The molecular formula is C45H33N5S. The summed E-state index contributed by atoms with van der Waals surface area (Å²) in [5.41, 5.74) is 10.6. The van der Waals surface area contributed by atoms with Gasteiger partial charge in [0.05, 0.1) is 42.3 Å². The predicted octanol–water partition coefficient (Wildman–Crippen LogP) is 10.5. The second kappa shape index (κ2) is 13.6. The number of allylic oxidation sites excluding steroid dienone is 9. The molecule has 0 bridgehead atoms. The van der Waals surface area contributed by atoms with Gasteiger partial charge in [0, 0.05) is 61.2 Å².